The average molecular weight is 347 g/mol. The van der Waals surface area contributed by atoms with Gasteiger partial charge in [0.1, 0.15) is 0 Å². The minimum Gasteiger partial charge on any atom is -0.236 e. The molecule has 0 fully saturated rings. The Balaban J connectivity index is 2.69. The van der Waals surface area contributed by atoms with E-state index in [0.29, 0.717) is 15.9 Å². The maximum atomic E-state index is 12.9. The van der Waals surface area contributed by atoms with Gasteiger partial charge in [0.15, 0.2) is 5.69 Å². The van der Waals surface area contributed by atoms with Crippen molar-refractivity contribution in [2.75, 3.05) is 0 Å². The van der Waals surface area contributed by atoms with Crippen molar-refractivity contribution in [1.29, 1.82) is 0 Å². The number of halogens is 4. The largest absolute Gasteiger partial charge is 0.435 e. The summed E-state index contributed by atoms with van der Waals surface area (Å²) in [5.74, 6) is 0. The predicted octanol–water partition coefficient (Wildman–Crippen LogP) is 4.95. The first-order chi connectivity index (χ1) is 9.10. The van der Waals surface area contributed by atoms with Crippen LogP contribution in [0.4, 0.5) is 13.2 Å². The van der Waals surface area contributed by atoms with E-state index < -0.39 is 17.3 Å². The van der Waals surface area contributed by atoms with Crippen molar-refractivity contribution in [3.63, 3.8) is 0 Å². The maximum absolute atomic E-state index is 12.9. The molecule has 0 saturated carbocycles. The monoisotopic (exact) mass is 346 g/mol. The second-order valence-electron chi connectivity index (χ2n) is 5.53. The summed E-state index contributed by atoms with van der Waals surface area (Å²) in [6, 6.07) is 8.18. The van der Waals surface area contributed by atoms with Crippen LogP contribution in [0.3, 0.4) is 0 Å². The van der Waals surface area contributed by atoms with Crippen molar-refractivity contribution in [2.24, 2.45) is 0 Å². The number of nitrogens with zero attached hydrogens (tertiary/aromatic N) is 2. The molecule has 0 unspecified atom stereocenters. The van der Waals surface area contributed by atoms with Gasteiger partial charge in [0.25, 0.3) is 0 Å². The van der Waals surface area contributed by atoms with Crippen molar-refractivity contribution in [3.05, 3.63) is 46.2 Å². The summed E-state index contributed by atoms with van der Waals surface area (Å²) < 4.78 is 40.7. The van der Waals surface area contributed by atoms with Gasteiger partial charge in [-0.25, -0.2) is 4.68 Å². The SMILES string of the molecule is CC(C)(C)c1cc(C(F)(F)F)nn1-c1ccccc1Br. The van der Waals surface area contributed by atoms with E-state index in [4.69, 9.17) is 0 Å². The first-order valence-electron chi connectivity index (χ1n) is 6.03. The number of rotatable bonds is 1. The molecule has 0 aliphatic rings. The van der Waals surface area contributed by atoms with Crippen molar-refractivity contribution >= 4 is 15.9 Å². The molecule has 0 bridgehead atoms. The van der Waals surface area contributed by atoms with Crippen LogP contribution in [0.15, 0.2) is 34.8 Å². The second-order valence-corrected chi connectivity index (χ2v) is 6.38. The molecule has 0 N–H and O–H groups in total. The Morgan fingerprint density at radius 3 is 2.20 bits per heavy atom. The van der Waals surface area contributed by atoms with Crippen molar-refractivity contribution in [3.8, 4) is 5.69 Å². The topological polar surface area (TPSA) is 17.8 Å². The zero-order chi connectivity index (χ0) is 15.1. The van der Waals surface area contributed by atoms with E-state index in [1.807, 2.05) is 20.8 Å². The average Bonchev–Trinajstić information content (AvgIpc) is 2.73. The third kappa shape index (κ3) is 2.90. The highest BCUT2D eigenvalue weighted by Crippen LogP contribution is 2.34. The van der Waals surface area contributed by atoms with Gasteiger partial charge in [0.05, 0.1) is 11.4 Å². The molecule has 0 radical (unpaired) electrons. The molecule has 0 atom stereocenters. The third-order valence-electron chi connectivity index (χ3n) is 2.85. The normalized spacial score (nSPS) is 12.8. The Bertz CT molecular complexity index is 624. The molecule has 0 aliphatic heterocycles. The Morgan fingerprint density at radius 2 is 1.70 bits per heavy atom. The second kappa shape index (κ2) is 4.91. The minimum atomic E-state index is -4.45. The van der Waals surface area contributed by atoms with Gasteiger partial charge in [-0.1, -0.05) is 32.9 Å². The Morgan fingerprint density at radius 1 is 1.10 bits per heavy atom. The van der Waals surface area contributed by atoms with Crippen LogP contribution < -0.4 is 0 Å². The first-order valence-corrected chi connectivity index (χ1v) is 6.82. The number of alkyl halides is 3. The number of hydrogen-bond donors (Lipinski definition) is 0. The lowest BCUT2D eigenvalue weighted by Crippen LogP contribution is -2.17. The van der Waals surface area contributed by atoms with Gasteiger partial charge in [-0.2, -0.15) is 18.3 Å². The van der Waals surface area contributed by atoms with Crippen molar-refractivity contribution in [1.82, 2.24) is 9.78 Å². The Labute approximate surface area is 123 Å². The standard InChI is InChI=1S/C14H14BrF3N2/c1-13(2,3)12-8-11(14(16,17)18)19-20(12)10-7-5-4-6-9(10)15/h4-8H,1-3H3. The quantitative estimate of drug-likeness (QED) is 0.714. The lowest BCUT2D eigenvalue weighted by Gasteiger charge is -2.20. The van der Waals surface area contributed by atoms with E-state index in [0.717, 1.165) is 6.07 Å². The number of para-hydroxylation sites is 1. The smallest absolute Gasteiger partial charge is 0.236 e. The molecular formula is C14H14BrF3N2. The van der Waals surface area contributed by atoms with E-state index in [-0.39, 0.29) is 0 Å². The fourth-order valence-electron chi connectivity index (χ4n) is 1.86. The zero-order valence-electron chi connectivity index (χ0n) is 11.3. The summed E-state index contributed by atoms with van der Waals surface area (Å²) >= 11 is 3.35. The minimum absolute atomic E-state index is 0.453. The van der Waals surface area contributed by atoms with E-state index in [2.05, 4.69) is 21.0 Å². The zero-order valence-corrected chi connectivity index (χ0v) is 12.9. The van der Waals surface area contributed by atoms with Crippen LogP contribution in [-0.2, 0) is 11.6 Å². The highest BCUT2D eigenvalue weighted by Gasteiger charge is 2.37. The van der Waals surface area contributed by atoms with E-state index in [9.17, 15) is 13.2 Å². The van der Waals surface area contributed by atoms with Crippen LogP contribution in [-0.4, -0.2) is 9.78 Å². The fourth-order valence-corrected chi connectivity index (χ4v) is 2.31. The molecular weight excluding hydrogens is 333 g/mol. The molecule has 20 heavy (non-hydrogen) atoms. The van der Waals surface area contributed by atoms with Crippen molar-refractivity contribution < 1.29 is 13.2 Å². The number of aromatic nitrogens is 2. The molecule has 0 spiro atoms. The predicted molar refractivity (Wildman–Crippen MR) is 75.0 cm³/mol. The van der Waals surface area contributed by atoms with E-state index >= 15 is 0 Å². The summed E-state index contributed by atoms with van der Waals surface area (Å²) in [6.45, 7) is 5.58. The highest BCUT2D eigenvalue weighted by atomic mass is 79.9. The summed E-state index contributed by atoms with van der Waals surface area (Å²) in [4.78, 5) is 0. The third-order valence-corrected chi connectivity index (χ3v) is 3.52. The molecule has 1 aromatic heterocycles. The van der Waals surface area contributed by atoms with Gasteiger partial charge in [0, 0.05) is 9.89 Å². The van der Waals surface area contributed by atoms with Crippen LogP contribution in [0.2, 0.25) is 0 Å². The van der Waals surface area contributed by atoms with Gasteiger partial charge < -0.3 is 0 Å². The molecule has 2 rings (SSSR count). The summed E-state index contributed by atoms with van der Waals surface area (Å²) in [5.41, 5.74) is -0.228. The maximum Gasteiger partial charge on any atom is 0.435 e. The summed E-state index contributed by atoms with van der Waals surface area (Å²) in [5, 5.41) is 3.74. The molecule has 0 amide bonds. The van der Waals surface area contributed by atoms with Gasteiger partial charge in [-0.3, -0.25) is 0 Å². The van der Waals surface area contributed by atoms with Crippen LogP contribution in [0.1, 0.15) is 32.2 Å². The first kappa shape index (κ1) is 15.1. The molecule has 2 nitrogen and oxygen atoms in total. The van der Waals surface area contributed by atoms with Crippen LogP contribution in [0.5, 0.6) is 0 Å². The van der Waals surface area contributed by atoms with E-state index in [1.54, 1.807) is 24.3 Å². The molecule has 0 saturated heterocycles. The summed E-state index contributed by atoms with van der Waals surface area (Å²) in [6.07, 6.45) is -4.45. The lowest BCUT2D eigenvalue weighted by atomic mass is 9.91. The van der Waals surface area contributed by atoms with E-state index in [1.165, 1.54) is 4.68 Å². The Hall–Kier alpha value is -1.30. The number of hydrogen-bond acceptors (Lipinski definition) is 1. The van der Waals surface area contributed by atoms with Crippen molar-refractivity contribution in [2.45, 2.75) is 32.4 Å². The number of benzene rings is 1. The molecule has 1 aromatic carbocycles. The highest BCUT2D eigenvalue weighted by molar-refractivity contribution is 9.10. The molecule has 0 aliphatic carbocycles. The summed E-state index contributed by atoms with van der Waals surface area (Å²) in [7, 11) is 0. The molecule has 6 heteroatoms. The van der Waals surface area contributed by atoms with Gasteiger partial charge in [-0.15, -0.1) is 0 Å². The lowest BCUT2D eigenvalue weighted by molar-refractivity contribution is -0.141. The molecule has 108 valence electrons. The Kier molecular flexibility index (Phi) is 3.71. The fraction of sp³-hybridized carbons (Fsp3) is 0.357. The van der Waals surface area contributed by atoms with Crippen LogP contribution in [0, 0.1) is 0 Å². The van der Waals surface area contributed by atoms with Gasteiger partial charge >= 0.3 is 6.18 Å². The van der Waals surface area contributed by atoms with Crippen LogP contribution >= 0.6 is 15.9 Å². The van der Waals surface area contributed by atoms with Gasteiger partial charge in [0.2, 0.25) is 0 Å². The van der Waals surface area contributed by atoms with Gasteiger partial charge in [-0.05, 0) is 34.1 Å². The van der Waals surface area contributed by atoms with Crippen LogP contribution in [0.25, 0.3) is 5.69 Å². The molecule has 2 aromatic rings. The molecule has 1 heterocycles.